The molecule has 1 unspecified atom stereocenters. The summed E-state index contributed by atoms with van der Waals surface area (Å²) < 4.78 is 0.775. The number of benzene rings is 1. The van der Waals surface area contributed by atoms with Crippen molar-refractivity contribution in [2.45, 2.75) is 56.5 Å². The van der Waals surface area contributed by atoms with E-state index in [2.05, 4.69) is 39.0 Å². The summed E-state index contributed by atoms with van der Waals surface area (Å²) in [5.74, 6) is 0. The summed E-state index contributed by atoms with van der Waals surface area (Å²) in [5, 5.41) is 0. The van der Waals surface area contributed by atoms with E-state index in [4.69, 9.17) is 0 Å². The Kier molecular flexibility index (Phi) is 5.00. The average molecular weight is 406 g/mol. The molecule has 0 amide bonds. The number of aryl methyl sites for hydroxylation is 2. The molecule has 0 saturated carbocycles. The van der Waals surface area contributed by atoms with Crippen LogP contribution in [0.25, 0.3) is 6.08 Å². The van der Waals surface area contributed by atoms with E-state index in [9.17, 15) is 0 Å². The van der Waals surface area contributed by atoms with E-state index in [1.165, 1.54) is 56.5 Å². The van der Waals surface area contributed by atoms with Crippen molar-refractivity contribution in [1.29, 1.82) is 0 Å². The van der Waals surface area contributed by atoms with Gasteiger partial charge < -0.3 is 0 Å². The number of hydrogen-bond donors (Lipinski definition) is 0. The fraction of sp³-hybridized carbons (Fsp3) is 0.529. The molecule has 95 valence electrons. The van der Waals surface area contributed by atoms with Crippen LogP contribution in [-0.2, 0) is 37.2 Å². The number of rotatable bonds is 5. The predicted octanol–water partition coefficient (Wildman–Crippen LogP) is 4.99. The molecule has 0 fully saturated rings. The van der Waals surface area contributed by atoms with E-state index in [1.807, 2.05) is 0 Å². The standard InChI is InChI=1S/C17H23.Hf/c1-4-7-14-10-15(8-5-2)17-12-13(6-3)9-16(17)11-14;/h9-12H,4-8H2,1-3H3;. The molecule has 1 aliphatic rings. The van der Waals surface area contributed by atoms with Gasteiger partial charge in [0.1, 0.15) is 0 Å². The molecule has 18 heavy (non-hydrogen) atoms. The van der Waals surface area contributed by atoms with Crippen molar-refractivity contribution in [1.82, 2.24) is 0 Å². The summed E-state index contributed by atoms with van der Waals surface area (Å²) in [6, 6.07) is 4.96. The molecule has 1 aromatic rings. The summed E-state index contributed by atoms with van der Waals surface area (Å²) in [5.41, 5.74) is 8.05. The van der Waals surface area contributed by atoms with E-state index in [0.29, 0.717) is 0 Å². The van der Waals surface area contributed by atoms with E-state index < -0.39 is 0 Å². The summed E-state index contributed by atoms with van der Waals surface area (Å²) in [7, 11) is 0. The second-order valence-corrected chi connectivity index (χ2v) is 7.34. The van der Waals surface area contributed by atoms with Crippen molar-refractivity contribution in [3.8, 4) is 0 Å². The van der Waals surface area contributed by atoms with Crippen molar-refractivity contribution >= 4 is 6.08 Å². The van der Waals surface area contributed by atoms with Crippen LogP contribution in [0.15, 0.2) is 17.7 Å². The molecular formula is C17H23Hf. The average Bonchev–Trinajstić information content (AvgIpc) is 2.68. The van der Waals surface area contributed by atoms with E-state index in [-0.39, 0.29) is 0 Å². The van der Waals surface area contributed by atoms with Crippen LogP contribution < -0.4 is 0 Å². The molecule has 0 spiro atoms. The second-order valence-electron chi connectivity index (χ2n) is 5.26. The van der Waals surface area contributed by atoms with Crippen LogP contribution in [0.1, 0.15) is 66.0 Å². The fourth-order valence-corrected chi connectivity index (χ4v) is 4.80. The van der Waals surface area contributed by atoms with Gasteiger partial charge in [0.2, 0.25) is 0 Å². The quantitative estimate of drug-likeness (QED) is 0.606. The van der Waals surface area contributed by atoms with Gasteiger partial charge in [0.15, 0.2) is 0 Å². The molecule has 0 bridgehead atoms. The van der Waals surface area contributed by atoms with E-state index in [0.717, 1.165) is 3.67 Å². The molecular weight excluding hydrogens is 383 g/mol. The molecule has 0 nitrogen and oxygen atoms in total. The first-order valence-electron chi connectivity index (χ1n) is 7.28. The van der Waals surface area contributed by atoms with Gasteiger partial charge in [-0.2, -0.15) is 0 Å². The molecule has 1 heteroatoms. The van der Waals surface area contributed by atoms with Gasteiger partial charge in [-0.1, -0.05) is 0 Å². The molecule has 0 heterocycles. The van der Waals surface area contributed by atoms with Crippen LogP contribution in [0.2, 0.25) is 0 Å². The monoisotopic (exact) mass is 407 g/mol. The Labute approximate surface area is 126 Å². The molecule has 1 aliphatic carbocycles. The second kappa shape index (κ2) is 6.32. The minimum absolute atomic E-state index is 0.775. The predicted molar refractivity (Wildman–Crippen MR) is 75.4 cm³/mol. The van der Waals surface area contributed by atoms with Gasteiger partial charge in [0.05, 0.1) is 0 Å². The van der Waals surface area contributed by atoms with Crippen LogP contribution >= 0.6 is 0 Å². The van der Waals surface area contributed by atoms with Gasteiger partial charge in [-0.15, -0.1) is 0 Å². The van der Waals surface area contributed by atoms with Gasteiger partial charge in [-0.25, -0.2) is 0 Å². The maximum absolute atomic E-state index is 2.49. The first kappa shape index (κ1) is 14.2. The number of allylic oxidation sites excluding steroid dienone is 1. The third kappa shape index (κ3) is 2.71. The van der Waals surface area contributed by atoms with E-state index >= 15 is 0 Å². The van der Waals surface area contributed by atoms with Crippen molar-refractivity contribution in [2.24, 2.45) is 0 Å². The maximum atomic E-state index is 2.49. The van der Waals surface area contributed by atoms with Crippen LogP contribution in [0.4, 0.5) is 0 Å². The van der Waals surface area contributed by atoms with Crippen molar-refractivity contribution in [2.75, 3.05) is 0 Å². The topological polar surface area (TPSA) is 0 Å². The third-order valence-corrected chi connectivity index (χ3v) is 6.28. The van der Waals surface area contributed by atoms with Crippen LogP contribution in [0, 0.1) is 0 Å². The number of hydrogen-bond acceptors (Lipinski definition) is 0. The molecule has 0 saturated heterocycles. The first-order valence-corrected chi connectivity index (χ1v) is 9.35. The van der Waals surface area contributed by atoms with Crippen molar-refractivity contribution in [3.05, 3.63) is 40.0 Å². The summed E-state index contributed by atoms with van der Waals surface area (Å²) in [6.45, 7) is 6.87. The molecule has 1 atom stereocenters. The SMILES string of the molecule is CCCc1cc(CCC)c2c(c1)[CH]([Hf])C(CC)=C2. The van der Waals surface area contributed by atoms with Crippen LogP contribution in [0.5, 0.6) is 0 Å². The Morgan fingerprint density at radius 3 is 2.39 bits per heavy atom. The molecule has 2 rings (SSSR count). The van der Waals surface area contributed by atoms with E-state index in [1.54, 1.807) is 27.8 Å². The minimum atomic E-state index is 0.775. The summed E-state index contributed by atoms with van der Waals surface area (Å²) >= 11 is 1.26. The Bertz CT molecular complexity index is 457. The molecule has 0 aliphatic heterocycles. The number of fused-ring (bicyclic) bond motifs is 1. The van der Waals surface area contributed by atoms with Gasteiger partial charge in [0.25, 0.3) is 0 Å². The van der Waals surface area contributed by atoms with Gasteiger partial charge in [-0.05, 0) is 0 Å². The van der Waals surface area contributed by atoms with Gasteiger partial charge >= 0.3 is 127 Å². The summed E-state index contributed by atoms with van der Waals surface area (Å²) in [6.07, 6.45) is 8.69. The van der Waals surface area contributed by atoms with Gasteiger partial charge in [-0.3, -0.25) is 0 Å². The Hall–Kier alpha value is -0.170. The normalized spacial score (nSPS) is 17.7. The third-order valence-electron chi connectivity index (χ3n) is 3.84. The zero-order valence-corrected chi connectivity index (χ0v) is 15.4. The first-order chi connectivity index (χ1) is 8.71. The van der Waals surface area contributed by atoms with Crippen molar-refractivity contribution < 1.29 is 24.4 Å². The van der Waals surface area contributed by atoms with Crippen LogP contribution in [-0.4, -0.2) is 0 Å². The zero-order chi connectivity index (χ0) is 13.1. The molecule has 1 aromatic carbocycles. The zero-order valence-electron chi connectivity index (χ0n) is 11.8. The molecule has 0 aromatic heterocycles. The van der Waals surface area contributed by atoms with Crippen molar-refractivity contribution in [3.63, 3.8) is 0 Å². The van der Waals surface area contributed by atoms with Gasteiger partial charge in [0, 0.05) is 0 Å². The van der Waals surface area contributed by atoms with Crippen LogP contribution in [0.3, 0.4) is 0 Å². The Morgan fingerprint density at radius 2 is 1.78 bits per heavy atom. The summed E-state index contributed by atoms with van der Waals surface area (Å²) in [4.78, 5) is 0. The molecule has 0 radical (unpaired) electrons. The Morgan fingerprint density at radius 1 is 1.06 bits per heavy atom. The molecule has 0 N–H and O–H groups in total. The Balaban J connectivity index is 2.46. The fourth-order valence-electron chi connectivity index (χ4n) is 2.90.